The number of hydrogen-bond acceptors (Lipinski definition) is 0. The minimum atomic E-state index is 0.478. The number of allylic oxidation sites excluding steroid dienone is 5. The van der Waals surface area contributed by atoms with Gasteiger partial charge in [-0.15, -0.1) is 0 Å². The van der Waals surface area contributed by atoms with Crippen LogP contribution in [0.1, 0.15) is 49.7 Å². The van der Waals surface area contributed by atoms with Gasteiger partial charge in [0, 0.05) is 0 Å². The first kappa shape index (κ1) is 16.6. The summed E-state index contributed by atoms with van der Waals surface area (Å²) in [7, 11) is 0. The maximum atomic E-state index is 2.54. The Morgan fingerprint density at radius 1 is 0.643 bits per heavy atom. The Morgan fingerprint density at radius 2 is 1.14 bits per heavy atom. The van der Waals surface area contributed by atoms with E-state index in [2.05, 4.69) is 78.9 Å². The highest BCUT2D eigenvalue weighted by Crippen LogP contribution is 2.63. The minimum absolute atomic E-state index is 0.478. The Balaban J connectivity index is 1.46. The van der Waals surface area contributed by atoms with Crippen LogP contribution in [0.15, 0.2) is 90.0 Å². The number of benzene rings is 2. The molecule has 0 unspecified atom stereocenters. The zero-order chi connectivity index (χ0) is 18.6. The second kappa shape index (κ2) is 6.34. The lowest BCUT2D eigenvalue weighted by Crippen LogP contribution is -2.46. The molecule has 0 aromatic heterocycles. The summed E-state index contributed by atoms with van der Waals surface area (Å²) >= 11 is 0. The molecule has 4 saturated carbocycles. The maximum Gasteiger partial charge on any atom is -0.00388 e. The second-order valence-electron chi connectivity index (χ2n) is 9.69. The monoisotopic (exact) mass is 364 g/mol. The van der Waals surface area contributed by atoms with E-state index in [1.54, 1.807) is 5.57 Å². The van der Waals surface area contributed by atoms with Gasteiger partial charge in [-0.1, -0.05) is 78.9 Å². The summed E-state index contributed by atoms with van der Waals surface area (Å²) in [6.07, 6.45) is 16.3. The normalized spacial score (nSPS) is 32.6. The fourth-order valence-corrected chi connectivity index (χ4v) is 7.10. The van der Waals surface area contributed by atoms with Gasteiger partial charge in [-0.3, -0.25) is 0 Å². The zero-order valence-electron chi connectivity index (χ0n) is 16.5. The smallest absolute Gasteiger partial charge is 0.00388 e. The number of rotatable bonds is 3. The molecule has 0 amide bonds. The van der Waals surface area contributed by atoms with Crippen LogP contribution in [0.2, 0.25) is 0 Å². The summed E-state index contributed by atoms with van der Waals surface area (Å²) < 4.78 is 0. The van der Waals surface area contributed by atoms with E-state index in [1.165, 1.54) is 60.8 Å². The number of hydrogen-bond donors (Lipinski definition) is 0. The predicted molar refractivity (Wildman–Crippen MR) is 117 cm³/mol. The molecular weight excluding hydrogens is 336 g/mol. The quantitative estimate of drug-likeness (QED) is 0.540. The van der Waals surface area contributed by atoms with E-state index in [0.717, 1.165) is 17.8 Å². The van der Waals surface area contributed by atoms with Crippen LogP contribution in [0, 0.1) is 23.2 Å². The van der Waals surface area contributed by atoms with Crippen LogP contribution in [-0.4, -0.2) is 0 Å². The molecule has 0 aliphatic heterocycles. The fourth-order valence-electron chi connectivity index (χ4n) is 7.10. The molecule has 5 aliphatic rings. The van der Waals surface area contributed by atoms with E-state index in [4.69, 9.17) is 0 Å². The first-order valence-electron chi connectivity index (χ1n) is 11.0. The summed E-state index contributed by atoms with van der Waals surface area (Å²) in [5.41, 5.74) is 7.50. The van der Waals surface area contributed by atoms with E-state index >= 15 is 0 Å². The van der Waals surface area contributed by atoms with E-state index in [1.807, 2.05) is 0 Å². The van der Waals surface area contributed by atoms with Gasteiger partial charge in [-0.2, -0.15) is 0 Å². The van der Waals surface area contributed by atoms with Gasteiger partial charge in [-0.05, 0) is 89.5 Å². The topological polar surface area (TPSA) is 0 Å². The molecular formula is C28H28. The average Bonchev–Trinajstić information content (AvgIpc) is 3.20. The molecule has 0 nitrogen and oxygen atoms in total. The minimum Gasteiger partial charge on any atom is -0.0622 e. The zero-order valence-corrected chi connectivity index (χ0v) is 16.5. The van der Waals surface area contributed by atoms with Crippen LogP contribution in [-0.2, 0) is 0 Å². The van der Waals surface area contributed by atoms with Gasteiger partial charge in [0.2, 0.25) is 0 Å². The highest BCUT2D eigenvalue weighted by atomic mass is 14.6. The van der Waals surface area contributed by atoms with Crippen molar-refractivity contribution in [3.8, 4) is 0 Å². The van der Waals surface area contributed by atoms with Gasteiger partial charge in [0.05, 0.1) is 0 Å². The largest absolute Gasteiger partial charge is 0.0622 e. The molecule has 0 N–H and O–H groups in total. The van der Waals surface area contributed by atoms with Crippen LogP contribution >= 0.6 is 0 Å². The molecule has 0 radical (unpaired) electrons. The summed E-state index contributed by atoms with van der Waals surface area (Å²) in [5.74, 6) is 2.99. The van der Waals surface area contributed by atoms with Gasteiger partial charge in [-0.25, -0.2) is 0 Å². The van der Waals surface area contributed by atoms with E-state index in [-0.39, 0.29) is 0 Å². The van der Waals surface area contributed by atoms with Crippen LogP contribution < -0.4 is 0 Å². The fraction of sp³-hybridized carbons (Fsp3) is 0.357. The molecule has 0 heteroatoms. The maximum absolute atomic E-state index is 2.54. The highest BCUT2D eigenvalue weighted by Gasteiger charge is 2.52. The third kappa shape index (κ3) is 2.65. The summed E-state index contributed by atoms with van der Waals surface area (Å²) in [6.45, 7) is 0. The van der Waals surface area contributed by atoms with Crippen molar-refractivity contribution in [1.82, 2.24) is 0 Å². The Hall–Kier alpha value is -2.34. The van der Waals surface area contributed by atoms with Crippen molar-refractivity contribution in [2.75, 3.05) is 0 Å². The van der Waals surface area contributed by atoms with Gasteiger partial charge < -0.3 is 0 Å². The third-order valence-electron chi connectivity index (χ3n) is 7.82. The Bertz CT molecular complexity index is 894. The van der Waals surface area contributed by atoms with Gasteiger partial charge in [0.1, 0.15) is 0 Å². The first-order valence-corrected chi connectivity index (χ1v) is 11.0. The Labute approximate surface area is 168 Å². The molecule has 0 spiro atoms. The third-order valence-corrected chi connectivity index (χ3v) is 7.82. The Kier molecular flexibility index (Phi) is 3.76. The van der Waals surface area contributed by atoms with E-state index < -0.39 is 0 Å². The lowest BCUT2D eigenvalue weighted by Gasteiger charge is -2.57. The predicted octanol–water partition coefficient (Wildman–Crippen LogP) is 7.20. The first-order chi connectivity index (χ1) is 13.8. The average molecular weight is 365 g/mol. The molecule has 2 aromatic carbocycles. The molecule has 7 rings (SSSR count). The lowest BCUT2D eigenvalue weighted by atomic mass is 9.48. The van der Waals surface area contributed by atoms with Crippen LogP contribution in [0.5, 0.6) is 0 Å². The molecule has 140 valence electrons. The Morgan fingerprint density at radius 3 is 1.64 bits per heavy atom. The van der Waals surface area contributed by atoms with Crippen molar-refractivity contribution < 1.29 is 0 Å². The van der Waals surface area contributed by atoms with Crippen molar-refractivity contribution in [2.45, 2.75) is 38.5 Å². The van der Waals surface area contributed by atoms with Crippen molar-refractivity contribution in [3.63, 3.8) is 0 Å². The van der Waals surface area contributed by atoms with Crippen LogP contribution in [0.25, 0.3) is 5.57 Å². The van der Waals surface area contributed by atoms with Gasteiger partial charge >= 0.3 is 0 Å². The van der Waals surface area contributed by atoms with E-state index in [9.17, 15) is 0 Å². The van der Waals surface area contributed by atoms with Crippen LogP contribution in [0.4, 0.5) is 0 Å². The molecule has 0 heterocycles. The van der Waals surface area contributed by atoms with Crippen molar-refractivity contribution in [3.05, 3.63) is 101 Å². The van der Waals surface area contributed by atoms with Crippen LogP contribution in [0.3, 0.4) is 0 Å². The van der Waals surface area contributed by atoms with Crippen molar-refractivity contribution in [1.29, 1.82) is 0 Å². The second-order valence-corrected chi connectivity index (χ2v) is 9.69. The van der Waals surface area contributed by atoms with E-state index in [0.29, 0.717) is 5.41 Å². The summed E-state index contributed by atoms with van der Waals surface area (Å²) in [5, 5.41) is 0. The molecule has 4 bridgehead atoms. The molecule has 28 heavy (non-hydrogen) atoms. The highest BCUT2D eigenvalue weighted by molar-refractivity contribution is 5.86. The van der Waals surface area contributed by atoms with Crippen molar-refractivity contribution in [2.24, 2.45) is 23.2 Å². The standard InChI is InChI=1S/C28H28/c1-3-7-23(8-4-1)27(24-9-5-2-6-10-24)25-11-12-26(16-25)28-17-20-13-21(18-28)15-22(14-20)19-28/h1-12,16,20-22H,13-15,17-19H2. The summed E-state index contributed by atoms with van der Waals surface area (Å²) in [4.78, 5) is 0. The lowest BCUT2D eigenvalue weighted by molar-refractivity contribution is -0.0284. The van der Waals surface area contributed by atoms with Crippen molar-refractivity contribution >= 4 is 5.57 Å². The molecule has 4 fully saturated rings. The molecule has 0 atom stereocenters. The SMILES string of the molecule is C1=CC(=C(c2ccccc2)c2ccccc2)C=C1C12CC3CC(CC(C3)C1)C2. The molecule has 2 aromatic rings. The van der Waals surface area contributed by atoms with Gasteiger partial charge in [0.25, 0.3) is 0 Å². The van der Waals surface area contributed by atoms with Gasteiger partial charge in [0.15, 0.2) is 0 Å². The molecule has 5 aliphatic carbocycles. The molecule has 0 saturated heterocycles. The summed E-state index contributed by atoms with van der Waals surface area (Å²) in [6, 6.07) is 21.8.